The number of carbonyl (C=O) groups excluding carboxylic acids is 2. The van der Waals surface area contributed by atoms with E-state index in [9.17, 15) is 9.59 Å². The van der Waals surface area contributed by atoms with E-state index in [2.05, 4.69) is 10.6 Å². The number of nitrogens with one attached hydrogen (secondary N) is 2. The Morgan fingerprint density at radius 2 is 1.75 bits per heavy atom. The third-order valence-electron chi connectivity index (χ3n) is 5.32. The van der Waals surface area contributed by atoms with Crippen LogP contribution in [0.1, 0.15) is 71.1 Å². The second-order valence-corrected chi connectivity index (χ2v) is 7.36. The molecule has 0 aromatic carbocycles. The molecule has 1 unspecified atom stereocenters. The van der Waals surface area contributed by atoms with Crippen LogP contribution in [0, 0.1) is 5.92 Å². The van der Waals surface area contributed by atoms with Gasteiger partial charge >= 0.3 is 0 Å². The Morgan fingerprint density at radius 1 is 1.00 bits per heavy atom. The van der Waals surface area contributed by atoms with E-state index in [0.717, 1.165) is 32.4 Å². The lowest BCUT2D eigenvalue weighted by Gasteiger charge is -2.32. The molecule has 2 aliphatic rings. The predicted molar refractivity (Wildman–Crippen MR) is 96.7 cm³/mol. The molecule has 0 aromatic heterocycles. The second kappa shape index (κ2) is 10.7. The highest BCUT2D eigenvalue weighted by Gasteiger charge is 2.27. The minimum Gasteiger partial charge on any atom is -0.355 e. The van der Waals surface area contributed by atoms with Gasteiger partial charge in [0.05, 0.1) is 5.92 Å². The van der Waals surface area contributed by atoms with Crippen LogP contribution in [0.25, 0.3) is 0 Å². The molecule has 1 aliphatic carbocycles. The molecule has 0 bridgehead atoms. The quantitative estimate of drug-likeness (QED) is 0.554. The third-order valence-corrected chi connectivity index (χ3v) is 5.32. The summed E-state index contributed by atoms with van der Waals surface area (Å²) in [5, 5.41) is 6.64. The van der Waals surface area contributed by atoms with E-state index in [-0.39, 0.29) is 17.7 Å². The Bertz CT molecular complexity index is 392. The molecule has 138 valence electrons. The molecule has 0 aromatic rings. The van der Waals surface area contributed by atoms with E-state index in [4.69, 9.17) is 0 Å². The first kappa shape index (κ1) is 19.2. The molecule has 1 saturated heterocycles. The number of hydrogen-bond donors (Lipinski definition) is 2. The second-order valence-electron chi connectivity index (χ2n) is 7.36. The number of carbonyl (C=O) groups is 2. The summed E-state index contributed by atoms with van der Waals surface area (Å²) in [4.78, 5) is 26.2. The van der Waals surface area contributed by atoms with Crippen molar-refractivity contribution in [3.8, 4) is 0 Å². The van der Waals surface area contributed by atoms with Crippen molar-refractivity contribution in [1.29, 1.82) is 0 Å². The molecule has 5 heteroatoms. The molecule has 2 amide bonds. The Hall–Kier alpha value is -1.10. The van der Waals surface area contributed by atoms with E-state index in [1.165, 1.54) is 38.5 Å². The van der Waals surface area contributed by atoms with Gasteiger partial charge in [0.25, 0.3) is 0 Å². The Kier molecular flexibility index (Phi) is 8.57. The van der Waals surface area contributed by atoms with E-state index in [1.807, 2.05) is 11.8 Å². The summed E-state index contributed by atoms with van der Waals surface area (Å²) >= 11 is 0. The fourth-order valence-corrected chi connectivity index (χ4v) is 3.88. The van der Waals surface area contributed by atoms with Gasteiger partial charge in [-0.1, -0.05) is 32.6 Å². The number of hydrogen-bond acceptors (Lipinski definition) is 3. The largest absolute Gasteiger partial charge is 0.355 e. The van der Waals surface area contributed by atoms with Gasteiger partial charge in [0.15, 0.2) is 0 Å². The first-order valence-corrected chi connectivity index (χ1v) is 9.99. The maximum Gasteiger partial charge on any atom is 0.224 e. The monoisotopic (exact) mass is 337 g/mol. The fraction of sp³-hybridized carbons (Fsp3) is 0.895. The number of likely N-dealkylation sites (tertiary alicyclic amines) is 1. The summed E-state index contributed by atoms with van der Waals surface area (Å²) in [6, 6.07) is 0.626. The Labute approximate surface area is 146 Å². The third kappa shape index (κ3) is 6.42. The lowest BCUT2D eigenvalue weighted by molar-refractivity contribution is -0.135. The zero-order valence-electron chi connectivity index (χ0n) is 15.3. The van der Waals surface area contributed by atoms with Crippen LogP contribution < -0.4 is 10.6 Å². The molecular formula is C19H35N3O2. The highest BCUT2D eigenvalue weighted by molar-refractivity contribution is 5.81. The molecular weight excluding hydrogens is 302 g/mol. The smallest absolute Gasteiger partial charge is 0.224 e. The molecule has 2 fully saturated rings. The van der Waals surface area contributed by atoms with Crippen molar-refractivity contribution in [2.24, 2.45) is 5.92 Å². The SMILES string of the molecule is CCCC(=O)N1CCCC(C(=O)NCCNC2CCCCCC2)C1. The van der Waals surface area contributed by atoms with Gasteiger partial charge in [-0.25, -0.2) is 0 Å². The van der Waals surface area contributed by atoms with E-state index in [0.29, 0.717) is 25.6 Å². The van der Waals surface area contributed by atoms with Crippen molar-refractivity contribution in [3.63, 3.8) is 0 Å². The van der Waals surface area contributed by atoms with Crippen molar-refractivity contribution in [2.75, 3.05) is 26.2 Å². The first-order valence-electron chi connectivity index (χ1n) is 9.99. The van der Waals surface area contributed by atoms with Crippen LogP contribution in [0.4, 0.5) is 0 Å². The first-order chi connectivity index (χ1) is 11.7. The molecule has 1 atom stereocenters. The van der Waals surface area contributed by atoms with Crippen LogP contribution in [0.3, 0.4) is 0 Å². The molecule has 1 saturated carbocycles. The standard InChI is InChI=1S/C19H35N3O2/c1-2-8-18(23)22-14-7-9-16(15-22)19(24)21-13-12-20-17-10-5-3-4-6-11-17/h16-17,20H,2-15H2,1H3,(H,21,24). The Morgan fingerprint density at radius 3 is 2.46 bits per heavy atom. The maximum atomic E-state index is 12.4. The van der Waals surface area contributed by atoms with Gasteiger partial charge in [-0.2, -0.15) is 0 Å². The van der Waals surface area contributed by atoms with Gasteiger partial charge in [0.2, 0.25) is 11.8 Å². The van der Waals surface area contributed by atoms with Gasteiger partial charge < -0.3 is 15.5 Å². The fourth-order valence-electron chi connectivity index (χ4n) is 3.88. The van der Waals surface area contributed by atoms with Crippen molar-refractivity contribution in [2.45, 2.75) is 77.2 Å². The van der Waals surface area contributed by atoms with E-state index < -0.39 is 0 Å². The molecule has 1 aliphatic heterocycles. The number of nitrogens with zero attached hydrogens (tertiary/aromatic N) is 1. The van der Waals surface area contributed by atoms with Crippen molar-refractivity contribution >= 4 is 11.8 Å². The minimum atomic E-state index is -0.0302. The van der Waals surface area contributed by atoms with Crippen LogP contribution in [0.2, 0.25) is 0 Å². The van der Waals surface area contributed by atoms with Crippen LogP contribution >= 0.6 is 0 Å². The van der Waals surface area contributed by atoms with Crippen LogP contribution in [-0.4, -0.2) is 48.9 Å². The normalized spacial score (nSPS) is 22.9. The number of piperidine rings is 1. The van der Waals surface area contributed by atoms with Crippen LogP contribution in [0.15, 0.2) is 0 Å². The zero-order valence-corrected chi connectivity index (χ0v) is 15.3. The predicted octanol–water partition coefficient (Wildman–Crippen LogP) is 2.45. The molecule has 5 nitrogen and oxygen atoms in total. The minimum absolute atomic E-state index is 0.0302. The highest BCUT2D eigenvalue weighted by atomic mass is 16.2. The Balaban J connectivity index is 1.63. The van der Waals surface area contributed by atoms with Gasteiger partial charge in [0, 0.05) is 38.6 Å². The van der Waals surface area contributed by atoms with Gasteiger partial charge in [0.1, 0.15) is 0 Å². The zero-order chi connectivity index (χ0) is 17.2. The topological polar surface area (TPSA) is 61.4 Å². The maximum absolute atomic E-state index is 12.4. The molecule has 1 heterocycles. The van der Waals surface area contributed by atoms with Crippen LogP contribution in [-0.2, 0) is 9.59 Å². The van der Waals surface area contributed by atoms with Crippen molar-refractivity contribution in [1.82, 2.24) is 15.5 Å². The van der Waals surface area contributed by atoms with Gasteiger partial charge in [-0.15, -0.1) is 0 Å². The summed E-state index contributed by atoms with van der Waals surface area (Å²) < 4.78 is 0. The molecule has 24 heavy (non-hydrogen) atoms. The average molecular weight is 338 g/mol. The van der Waals surface area contributed by atoms with Crippen molar-refractivity contribution < 1.29 is 9.59 Å². The summed E-state index contributed by atoms with van der Waals surface area (Å²) in [6.07, 6.45) is 11.2. The number of rotatable bonds is 7. The summed E-state index contributed by atoms with van der Waals surface area (Å²) in [5.74, 6) is 0.286. The average Bonchev–Trinajstić information content (AvgIpc) is 2.87. The summed E-state index contributed by atoms with van der Waals surface area (Å²) in [7, 11) is 0. The summed E-state index contributed by atoms with van der Waals surface area (Å²) in [6.45, 7) is 4.97. The molecule has 0 radical (unpaired) electrons. The van der Waals surface area contributed by atoms with Gasteiger partial charge in [-0.3, -0.25) is 9.59 Å². The van der Waals surface area contributed by atoms with E-state index in [1.54, 1.807) is 0 Å². The van der Waals surface area contributed by atoms with E-state index >= 15 is 0 Å². The highest BCUT2D eigenvalue weighted by Crippen LogP contribution is 2.18. The summed E-state index contributed by atoms with van der Waals surface area (Å²) in [5.41, 5.74) is 0. The lowest BCUT2D eigenvalue weighted by atomic mass is 9.96. The lowest BCUT2D eigenvalue weighted by Crippen LogP contribution is -2.46. The van der Waals surface area contributed by atoms with Crippen LogP contribution in [0.5, 0.6) is 0 Å². The molecule has 2 rings (SSSR count). The van der Waals surface area contributed by atoms with Crippen molar-refractivity contribution in [3.05, 3.63) is 0 Å². The van der Waals surface area contributed by atoms with Gasteiger partial charge in [-0.05, 0) is 32.1 Å². The molecule has 2 N–H and O–H groups in total. The molecule has 0 spiro atoms. The number of amides is 2.